The monoisotopic (exact) mass is 293 g/mol. The van der Waals surface area contributed by atoms with Crippen LogP contribution in [0.15, 0.2) is 18.2 Å². The summed E-state index contributed by atoms with van der Waals surface area (Å²) in [6.45, 7) is 2.14. The van der Waals surface area contributed by atoms with E-state index in [-0.39, 0.29) is 17.2 Å². The molecule has 0 aliphatic carbocycles. The van der Waals surface area contributed by atoms with E-state index in [9.17, 15) is 9.59 Å². The molecule has 21 heavy (non-hydrogen) atoms. The summed E-state index contributed by atoms with van der Waals surface area (Å²) >= 11 is 0. The Morgan fingerprint density at radius 3 is 2.52 bits per heavy atom. The number of nitrogens with one attached hydrogen (secondary N) is 1. The number of carbonyl (C=O) groups is 2. The summed E-state index contributed by atoms with van der Waals surface area (Å²) in [5.41, 5.74) is 0.343. The van der Waals surface area contributed by atoms with Gasteiger partial charge in [-0.15, -0.1) is 0 Å². The van der Waals surface area contributed by atoms with E-state index in [0.29, 0.717) is 12.2 Å². The molecule has 1 aromatic carbocycles. The molecule has 116 valence electrons. The molecule has 1 amide bonds. The number of hydrogen-bond acceptors (Lipinski definition) is 3. The highest BCUT2D eigenvalue weighted by Crippen LogP contribution is 2.23. The molecule has 0 spiro atoms. The van der Waals surface area contributed by atoms with Crippen molar-refractivity contribution >= 4 is 17.6 Å². The van der Waals surface area contributed by atoms with Crippen LogP contribution in [0.1, 0.15) is 55.8 Å². The second-order valence-corrected chi connectivity index (χ2v) is 4.93. The molecule has 0 heterocycles. The third kappa shape index (κ3) is 5.85. The summed E-state index contributed by atoms with van der Waals surface area (Å²) in [5, 5.41) is 11.8. The zero-order chi connectivity index (χ0) is 15.7. The average Bonchev–Trinajstić information content (AvgIpc) is 2.46. The van der Waals surface area contributed by atoms with Crippen molar-refractivity contribution in [2.45, 2.75) is 45.4 Å². The fourth-order valence-electron chi connectivity index (χ4n) is 2.04. The van der Waals surface area contributed by atoms with E-state index in [4.69, 9.17) is 9.84 Å². The van der Waals surface area contributed by atoms with Gasteiger partial charge in [0, 0.05) is 12.5 Å². The van der Waals surface area contributed by atoms with Crippen molar-refractivity contribution in [3.8, 4) is 5.75 Å². The van der Waals surface area contributed by atoms with E-state index in [0.717, 1.165) is 25.7 Å². The summed E-state index contributed by atoms with van der Waals surface area (Å²) < 4.78 is 5.05. The topological polar surface area (TPSA) is 75.6 Å². The lowest BCUT2D eigenvalue weighted by molar-refractivity contribution is -0.116. The van der Waals surface area contributed by atoms with Crippen LogP contribution in [0.3, 0.4) is 0 Å². The van der Waals surface area contributed by atoms with Gasteiger partial charge in [0.15, 0.2) is 0 Å². The maximum Gasteiger partial charge on any atom is 0.337 e. The van der Waals surface area contributed by atoms with Crippen LogP contribution in [0, 0.1) is 0 Å². The molecule has 0 saturated heterocycles. The Kier molecular flexibility index (Phi) is 7.29. The van der Waals surface area contributed by atoms with Crippen LogP contribution in [-0.2, 0) is 4.79 Å². The number of carbonyl (C=O) groups excluding carboxylic acids is 1. The molecule has 5 heteroatoms. The maximum absolute atomic E-state index is 11.9. The minimum absolute atomic E-state index is 0.0649. The van der Waals surface area contributed by atoms with Gasteiger partial charge in [-0.1, -0.05) is 32.6 Å². The molecule has 0 aliphatic heterocycles. The largest absolute Gasteiger partial charge is 0.497 e. The van der Waals surface area contributed by atoms with Crippen molar-refractivity contribution < 1.29 is 19.4 Å². The van der Waals surface area contributed by atoms with E-state index in [1.165, 1.54) is 25.7 Å². The SMILES string of the molecule is CCCCCCCC(=O)Nc1cc(OC)ccc1C(=O)O. The number of unbranched alkanes of at least 4 members (excludes halogenated alkanes) is 4. The Morgan fingerprint density at radius 1 is 1.19 bits per heavy atom. The van der Waals surface area contributed by atoms with E-state index < -0.39 is 5.97 Å². The molecular formula is C16H23NO4. The highest BCUT2D eigenvalue weighted by Gasteiger charge is 2.13. The number of carboxylic acid groups (broad SMARTS) is 1. The highest BCUT2D eigenvalue weighted by molar-refractivity contribution is 6.00. The number of benzene rings is 1. The van der Waals surface area contributed by atoms with Gasteiger partial charge in [0.25, 0.3) is 0 Å². The van der Waals surface area contributed by atoms with Crippen molar-refractivity contribution in [3.05, 3.63) is 23.8 Å². The molecule has 0 bridgehead atoms. The van der Waals surface area contributed by atoms with Crippen molar-refractivity contribution in [1.82, 2.24) is 0 Å². The van der Waals surface area contributed by atoms with Crippen LogP contribution < -0.4 is 10.1 Å². The van der Waals surface area contributed by atoms with Crippen molar-refractivity contribution in [1.29, 1.82) is 0 Å². The van der Waals surface area contributed by atoms with Crippen LogP contribution in [0.4, 0.5) is 5.69 Å². The second-order valence-electron chi connectivity index (χ2n) is 4.93. The number of carboxylic acids is 1. The Bertz CT molecular complexity index is 485. The molecule has 2 N–H and O–H groups in total. The Morgan fingerprint density at radius 2 is 1.90 bits per heavy atom. The lowest BCUT2D eigenvalue weighted by Crippen LogP contribution is -2.14. The standard InChI is InChI=1S/C16H23NO4/c1-3-4-5-6-7-8-15(18)17-14-11-12(21-2)9-10-13(14)16(19)20/h9-11H,3-8H2,1-2H3,(H,17,18)(H,19,20). The fourth-order valence-corrected chi connectivity index (χ4v) is 2.04. The van der Waals surface area contributed by atoms with Crippen LogP contribution in [0.5, 0.6) is 5.75 Å². The minimum atomic E-state index is -1.07. The molecule has 0 saturated carbocycles. The normalized spacial score (nSPS) is 10.2. The Labute approximate surface area is 125 Å². The predicted octanol–water partition coefficient (Wildman–Crippen LogP) is 3.69. The highest BCUT2D eigenvalue weighted by atomic mass is 16.5. The van der Waals surface area contributed by atoms with Crippen LogP contribution in [0.25, 0.3) is 0 Å². The summed E-state index contributed by atoms with van der Waals surface area (Å²) in [7, 11) is 1.50. The lowest BCUT2D eigenvalue weighted by Gasteiger charge is -2.10. The van der Waals surface area contributed by atoms with Gasteiger partial charge in [0.05, 0.1) is 18.4 Å². The zero-order valence-corrected chi connectivity index (χ0v) is 12.6. The van der Waals surface area contributed by atoms with Gasteiger partial charge in [-0.3, -0.25) is 4.79 Å². The molecule has 5 nitrogen and oxygen atoms in total. The van der Waals surface area contributed by atoms with E-state index in [1.54, 1.807) is 6.07 Å². The molecule has 1 aromatic rings. The van der Waals surface area contributed by atoms with Crippen molar-refractivity contribution in [2.75, 3.05) is 12.4 Å². The first kappa shape index (κ1) is 17.0. The first-order chi connectivity index (χ1) is 10.1. The molecule has 0 fully saturated rings. The number of anilines is 1. The van der Waals surface area contributed by atoms with Gasteiger partial charge in [-0.25, -0.2) is 4.79 Å². The minimum Gasteiger partial charge on any atom is -0.497 e. The Balaban J connectivity index is 2.59. The van der Waals surface area contributed by atoms with Gasteiger partial charge < -0.3 is 15.2 Å². The van der Waals surface area contributed by atoms with Crippen LogP contribution in [0.2, 0.25) is 0 Å². The first-order valence-electron chi connectivity index (χ1n) is 7.29. The first-order valence-corrected chi connectivity index (χ1v) is 7.29. The van der Waals surface area contributed by atoms with Gasteiger partial charge in [0.1, 0.15) is 5.75 Å². The number of amides is 1. The molecule has 0 radical (unpaired) electrons. The second kappa shape index (κ2) is 9.00. The number of methoxy groups -OCH3 is 1. The Hall–Kier alpha value is -2.04. The van der Waals surface area contributed by atoms with Crippen molar-refractivity contribution in [2.24, 2.45) is 0 Å². The third-order valence-electron chi connectivity index (χ3n) is 3.24. The van der Waals surface area contributed by atoms with Crippen LogP contribution in [-0.4, -0.2) is 24.1 Å². The predicted molar refractivity (Wildman–Crippen MR) is 82.0 cm³/mol. The van der Waals surface area contributed by atoms with Gasteiger partial charge >= 0.3 is 5.97 Å². The average molecular weight is 293 g/mol. The third-order valence-corrected chi connectivity index (χ3v) is 3.24. The fraction of sp³-hybridized carbons (Fsp3) is 0.500. The van der Waals surface area contributed by atoms with Gasteiger partial charge in [0.2, 0.25) is 5.91 Å². The molecular weight excluding hydrogens is 270 g/mol. The quantitative estimate of drug-likeness (QED) is 0.681. The van der Waals surface area contributed by atoms with E-state index >= 15 is 0 Å². The molecule has 0 atom stereocenters. The molecule has 0 unspecified atom stereocenters. The number of ether oxygens (including phenoxy) is 1. The van der Waals surface area contributed by atoms with Crippen molar-refractivity contribution in [3.63, 3.8) is 0 Å². The molecule has 0 aliphatic rings. The summed E-state index contributed by atoms with van der Waals surface area (Å²) in [5.74, 6) is -0.726. The maximum atomic E-state index is 11.9. The lowest BCUT2D eigenvalue weighted by atomic mass is 10.1. The summed E-state index contributed by atoms with van der Waals surface area (Å²) in [4.78, 5) is 23.0. The van der Waals surface area contributed by atoms with E-state index in [2.05, 4.69) is 12.2 Å². The zero-order valence-electron chi connectivity index (χ0n) is 12.6. The molecule has 1 rings (SSSR count). The van der Waals surface area contributed by atoms with Crippen LogP contribution >= 0.6 is 0 Å². The number of hydrogen-bond donors (Lipinski definition) is 2. The van der Waals surface area contributed by atoms with Gasteiger partial charge in [-0.2, -0.15) is 0 Å². The molecule has 0 aromatic heterocycles. The summed E-state index contributed by atoms with van der Waals surface area (Å²) in [6.07, 6.45) is 5.71. The number of rotatable bonds is 9. The number of aromatic carboxylic acids is 1. The van der Waals surface area contributed by atoms with E-state index in [1.807, 2.05) is 0 Å². The summed E-state index contributed by atoms with van der Waals surface area (Å²) in [6, 6.07) is 4.51. The smallest absolute Gasteiger partial charge is 0.337 e. The van der Waals surface area contributed by atoms with Gasteiger partial charge in [-0.05, 0) is 18.6 Å².